The fourth-order valence-corrected chi connectivity index (χ4v) is 4.38. The van der Waals surface area contributed by atoms with E-state index in [0.29, 0.717) is 5.46 Å². The maximum atomic E-state index is 9.60. The normalized spacial score (nSPS) is 11.7. The summed E-state index contributed by atoms with van der Waals surface area (Å²) in [5, 5.41) is 26.8. The average molecular weight is 350 g/mol. The van der Waals surface area contributed by atoms with Crippen molar-refractivity contribution in [2.24, 2.45) is 0 Å². The molecule has 130 valence electrons. The first kappa shape index (κ1) is 16.3. The monoisotopic (exact) mass is 350 g/mol. The van der Waals surface area contributed by atoms with Crippen LogP contribution >= 0.6 is 0 Å². The number of rotatable bonds is 2. The molecule has 0 aromatic heterocycles. The van der Waals surface area contributed by atoms with E-state index in [2.05, 4.69) is 60.7 Å². The van der Waals surface area contributed by atoms with E-state index >= 15 is 0 Å². The van der Waals surface area contributed by atoms with Crippen LogP contribution in [0.2, 0.25) is 0 Å². The molecule has 0 bridgehead atoms. The largest absolute Gasteiger partial charge is 0.488 e. The van der Waals surface area contributed by atoms with Gasteiger partial charge in [0.25, 0.3) is 0 Å². The molecule has 5 aromatic rings. The summed E-state index contributed by atoms with van der Waals surface area (Å²) in [6, 6.07) is 23.5. The first-order valence-corrected chi connectivity index (χ1v) is 9.19. The van der Waals surface area contributed by atoms with Gasteiger partial charge in [-0.2, -0.15) is 0 Å². The molecule has 2 N–H and O–H groups in total. The molecule has 0 spiro atoms. The topological polar surface area (TPSA) is 40.5 Å². The molecule has 0 aliphatic heterocycles. The lowest BCUT2D eigenvalue weighted by Crippen LogP contribution is -2.32. The summed E-state index contributed by atoms with van der Waals surface area (Å²) >= 11 is 0. The maximum Gasteiger partial charge on any atom is 0.488 e. The first-order valence-electron chi connectivity index (χ1n) is 9.19. The molecule has 0 amide bonds. The van der Waals surface area contributed by atoms with Crippen LogP contribution in [-0.4, -0.2) is 17.2 Å². The van der Waals surface area contributed by atoms with E-state index in [1.54, 1.807) is 0 Å². The summed E-state index contributed by atoms with van der Waals surface area (Å²) in [6.45, 7) is 3.95. The van der Waals surface area contributed by atoms with E-state index in [-0.39, 0.29) is 0 Å². The molecule has 0 aliphatic carbocycles. The smallest absolute Gasteiger partial charge is 0.423 e. The van der Waals surface area contributed by atoms with Crippen molar-refractivity contribution in [2.45, 2.75) is 13.8 Å². The first-order chi connectivity index (χ1) is 13.0. The molecule has 0 saturated heterocycles. The summed E-state index contributed by atoms with van der Waals surface area (Å²) in [7, 11) is -1.45. The summed E-state index contributed by atoms with van der Waals surface area (Å²) < 4.78 is 0. The summed E-state index contributed by atoms with van der Waals surface area (Å²) in [4.78, 5) is 0. The van der Waals surface area contributed by atoms with E-state index in [9.17, 15) is 10.0 Å². The maximum absolute atomic E-state index is 9.60. The van der Waals surface area contributed by atoms with Gasteiger partial charge in [-0.25, -0.2) is 0 Å². The third-order valence-electron chi connectivity index (χ3n) is 5.71. The fourth-order valence-electron chi connectivity index (χ4n) is 4.38. The lowest BCUT2D eigenvalue weighted by Gasteiger charge is -2.17. The van der Waals surface area contributed by atoms with Crippen LogP contribution in [0, 0.1) is 13.8 Å². The Hall–Kier alpha value is -2.88. The minimum Gasteiger partial charge on any atom is -0.423 e. The van der Waals surface area contributed by atoms with Crippen molar-refractivity contribution in [2.75, 3.05) is 0 Å². The van der Waals surface area contributed by atoms with E-state index in [4.69, 9.17) is 0 Å². The van der Waals surface area contributed by atoms with Crippen molar-refractivity contribution in [3.63, 3.8) is 0 Å². The molecule has 0 unspecified atom stereocenters. The molecule has 27 heavy (non-hydrogen) atoms. The zero-order valence-corrected chi connectivity index (χ0v) is 15.3. The molecule has 5 aromatic carbocycles. The predicted octanol–water partition coefficient (Wildman–Crippen LogP) is 4.55. The predicted molar refractivity (Wildman–Crippen MR) is 115 cm³/mol. The number of benzene rings is 5. The molecule has 0 heterocycles. The van der Waals surface area contributed by atoms with Crippen LogP contribution in [0.15, 0.2) is 66.7 Å². The highest BCUT2D eigenvalue weighted by Gasteiger charge is 2.18. The molecule has 0 atom stereocenters. The van der Waals surface area contributed by atoms with E-state index in [0.717, 1.165) is 16.7 Å². The molecule has 0 aliphatic rings. The average Bonchev–Trinajstić information content (AvgIpc) is 2.67. The Morgan fingerprint density at radius 2 is 1.26 bits per heavy atom. The number of hydrogen-bond acceptors (Lipinski definition) is 2. The SMILES string of the molecule is Cc1cc(-c2ccc3ccc4cccc5ccc2c3c45)c(C)cc1B(O)O. The number of aryl methyl sites for hydroxylation is 2. The van der Waals surface area contributed by atoms with Gasteiger partial charge in [0.1, 0.15) is 0 Å². The number of hydrogen-bond donors (Lipinski definition) is 2. The van der Waals surface area contributed by atoms with Gasteiger partial charge in [0.15, 0.2) is 0 Å². The third-order valence-corrected chi connectivity index (χ3v) is 5.71. The van der Waals surface area contributed by atoms with Crippen LogP contribution in [0.25, 0.3) is 43.4 Å². The van der Waals surface area contributed by atoms with Gasteiger partial charge in [0, 0.05) is 0 Å². The minimum absolute atomic E-state index is 0.564. The van der Waals surface area contributed by atoms with Crippen molar-refractivity contribution in [3.05, 3.63) is 77.9 Å². The van der Waals surface area contributed by atoms with Crippen LogP contribution in [0.4, 0.5) is 0 Å². The van der Waals surface area contributed by atoms with E-state index < -0.39 is 7.12 Å². The quantitative estimate of drug-likeness (QED) is 0.362. The molecule has 0 radical (unpaired) electrons. The Morgan fingerprint density at radius 1 is 0.630 bits per heavy atom. The van der Waals surface area contributed by atoms with Crippen molar-refractivity contribution >= 4 is 44.9 Å². The second kappa shape index (κ2) is 5.81. The van der Waals surface area contributed by atoms with Crippen molar-refractivity contribution in [1.82, 2.24) is 0 Å². The summed E-state index contributed by atoms with van der Waals surface area (Å²) in [5.74, 6) is 0. The van der Waals surface area contributed by atoms with Crippen LogP contribution in [0.5, 0.6) is 0 Å². The van der Waals surface area contributed by atoms with Gasteiger partial charge in [0.05, 0.1) is 0 Å². The third kappa shape index (κ3) is 2.36. The Labute approximate surface area is 158 Å². The minimum atomic E-state index is -1.45. The molecule has 0 fully saturated rings. The molecular weight excluding hydrogens is 331 g/mol. The van der Waals surface area contributed by atoms with E-state index in [1.807, 2.05) is 19.9 Å². The van der Waals surface area contributed by atoms with Crippen LogP contribution < -0.4 is 5.46 Å². The highest BCUT2D eigenvalue weighted by Crippen LogP contribution is 2.39. The van der Waals surface area contributed by atoms with Gasteiger partial charge < -0.3 is 10.0 Å². The van der Waals surface area contributed by atoms with Crippen molar-refractivity contribution in [3.8, 4) is 11.1 Å². The van der Waals surface area contributed by atoms with Crippen molar-refractivity contribution < 1.29 is 10.0 Å². The van der Waals surface area contributed by atoms with Crippen LogP contribution in [-0.2, 0) is 0 Å². The molecule has 0 saturated carbocycles. The summed E-state index contributed by atoms with van der Waals surface area (Å²) in [6.07, 6.45) is 0. The highest BCUT2D eigenvalue weighted by molar-refractivity contribution is 6.59. The molecular formula is C24H19BO2. The van der Waals surface area contributed by atoms with Gasteiger partial charge in [-0.1, -0.05) is 72.3 Å². The molecule has 5 rings (SSSR count). The lowest BCUT2D eigenvalue weighted by molar-refractivity contribution is 0.425. The van der Waals surface area contributed by atoms with Gasteiger partial charge in [-0.3, -0.25) is 0 Å². The Kier molecular flexibility index (Phi) is 3.51. The summed E-state index contributed by atoms with van der Waals surface area (Å²) in [5.41, 5.74) is 4.80. The zero-order chi connectivity index (χ0) is 18.7. The zero-order valence-electron chi connectivity index (χ0n) is 15.3. The van der Waals surface area contributed by atoms with Gasteiger partial charge in [-0.15, -0.1) is 0 Å². The van der Waals surface area contributed by atoms with Gasteiger partial charge >= 0.3 is 7.12 Å². The second-order valence-corrected chi connectivity index (χ2v) is 7.37. The standard InChI is InChI=1S/C24H19BO2/c1-14-13-22(25(26)27)15(2)12-21(14)19-10-8-18-7-6-16-4-3-5-17-9-11-20(19)24(18)23(16)17/h3-13,26-27H,1-2H3. The molecule has 2 nitrogen and oxygen atoms in total. The lowest BCUT2D eigenvalue weighted by atomic mass is 9.75. The van der Waals surface area contributed by atoms with E-state index in [1.165, 1.54) is 37.9 Å². The molecule has 3 heteroatoms. The Balaban J connectivity index is 1.88. The van der Waals surface area contributed by atoms with Crippen molar-refractivity contribution in [1.29, 1.82) is 0 Å². The highest BCUT2D eigenvalue weighted by atomic mass is 16.4. The van der Waals surface area contributed by atoms with Gasteiger partial charge in [0.2, 0.25) is 0 Å². The fraction of sp³-hybridized carbons (Fsp3) is 0.0833. The van der Waals surface area contributed by atoms with Crippen LogP contribution in [0.3, 0.4) is 0 Å². The Morgan fingerprint density at radius 3 is 1.96 bits per heavy atom. The van der Waals surface area contributed by atoms with Gasteiger partial charge in [-0.05, 0) is 68.3 Å². The second-order valence-electron chi connectivity index (χ2n) is 7.37. The van der Waals surface area contributed by atoms with Crippen LogP contribution in [0.1, 0.15) is 11.1 Å². The Bertz CT molecular complexity index is 1310.